The molecule has 6 heteroatoms. The first-order valence-corrected chi connectivity index (χ1v) is 4.18. The summed E-state index contributed by atoms with van der Waals surface area (Å²) in [5.74, 6) is -7.83. The van der Waals surface area contributed by atoms with Gasteiger partial charge in [-0.2, -0.15) is 17.6 Å². The van der Waals surface area contributed by atoms with Crippen LogP contribution in [0.1, 0.15) is 0 Å². The Morgan fingerprint density at radius 2 is 1.00 bits per heavy atom. The topological polar surface area (TPSA) is 0 Å². The average molecular weight is 286 g/mol. The Kier molecular flexibility index (Phi) is 1.83. The van der Waals surface area contributed by atoms with Crippen molar-refractivity contribution in [3.05, 3.63) is 0 Å². The fourth-order valence-electron chi connectivity index (χ4n) is 0.639. The van der Waals surface area contributed by atoms with Crippen LogP contribution in [0.25, 0.3) is 0 Å². The van der Waals surface area contributed by atoms with Crippen molar-refractivity contribution in [2.75, 3.05) is 0 Å². The van der Waals surface area contributed by atoms with E-state index in [4.69, 9.17) is 0 Å². The van der Waals surface area contributed by atoms with E-state index in [0.29, 0.717) is 0 Å². The van der Waals surface area contributed by atoms with Crippen LogP contribution in [-0.2, 0) is 0 Å². The van der Waals surface area contributed by atoms with Crippen molar-refractivity contribution in [3.63, 3.8) is 0 Å². The second kappa shape index (κ2) is 2.09. The molecule has 0 aromatic rings. The molecular formula is C4H2Br2F4. The minimum atomic E-state index is -3.92. The van der Waals surface area contributed by atoms with E-state index in [0.717, 1.165) is 0 Å². The van der Waals surface area contributed by atoms with Crippen LogP contribution in [0.15, 0.2) is 0 Å². The van der Waals surface area contributed by atoms with E-state index < -0.39 is 21.5 Å². The molecule has 60 valence electrons. The average Bonchev–Trinajstić information content (AvgIpc) is 1.84. The van der Waals surface area contributed by atoms with Crippen LogP contribution in [0.3, 0.4) is 0 Å². The maximum Gasteiger partial charge on any atom is 0.324 e. The second-order valence-corrected chi connectivity index (χ2v) is 4.02. The lowest BCUT2D eigenvalue weighted by Crippen LogP contribution is -2.68. The van der Waals surface area contributed by atoms with Gasteiger partial charge in [0.2, 0.25) is 0 Å². The summed E-state index contributed by atoms with van der Waals surface area (Å²) in [7, 11) is 0. The van der Waals surface area contributed by atoms with E-state index >= 15 is 0 Å². The molecule has 10 heavy (non-hydrogen) atoms. The largest absolute Gasteiger partial charge is 0.324 e. The molecule has 0 aromatic heterocycles. The minimum absolute atomic E-state index is 1.46. The monoisotopic (exact) mass is 284 g/mol. The Hall–Kier alpha value is 0.680. The van der Waals surface area contributed by atoms with Gasteiger partial charge in [-0.15, -0.1) is 0 Å². The van der Waals surface area contributed by atoms with Crippen LogP contribution in [0.4, 0.5) is 17.6 Å². The number of hydrogen-bond acceptors (Lipinski definition) is 0. The fourth-order valence-corrected chi connectivity index (χ4v) is 1.91. The van der Waals surface area contributed by atoms with Gasteiger partial charge in [0, 0.05) is 0 Å². The molecule has 1 aliphatic carbocycles. The Bertz CT molecular complexity index is 139. The molecule has 0 radical (unpaired) electrons. The predicted molar refractivity (Wildman–Crippen MR) is 35.3 cm³/mol. The van der Waals surface area contributed by atoms with Crippen LogP contribution in [0.5, 0.6) is 0 Å². The first-order valence-electron chi connectivity index (χ1n) is 2.35. The third kappa shape index (κ3) is 0.776. The van der Waals surface area contributed by atoms with Gasteiger partial charge in [0.25, 0.3) is 0 Å². The normalized spacial score (nSPS) is 42.6. The highest BCUT2D eigenvalue weighted by molar-refractivity contribution is 9.12. The highest BCUT2D eigenvalue weighted by atomic mass is 79.9. The Balaban J connectivity index is 2.82. The molecule has 0 bridgehead atoms. The molecule has 0 aliphatic heterocycles. The van der Waals surface area contributed by atoms with Crippen LogP contribution in [-0.4, -0.2) is 21.5 Å². The van der Waals surface area contributed by atoms with Crippen molar-refractivity contribution < 1.29 is 17.6 Å². The molecule has 0 unspecified atom stereocenters. The molecule has 1 fully saturated rings. The first-order chi connectivity index (χ1) is 4.32. The third-order valence-corrected chi connectivity index (χ3v) is 4.31. The minimum Gasteiger partial charge on any atom is -0.199 e. The summed E-state index contributed by atoms with van der Waals surface area (Å²) >= 11 is 4.89. The Morgan fingerprint density at radius 3 is 1.10 bits per heavy atom. The SMILES string of the molecule is FC1(F)[C@@H](Br)[C@H](Br)C1(F)F. The zero-order valence-corrected chi connectivity index (χ0v) is 7.59. The van der Waals surface area contributed by atoms with Crippen LogP contribution < -0.4 is 0 Å². The standard InChI is InChI=1S/C4H2Br2F4/c5-1-2(6)4(9,10)3(1,7)8/h1-2H/t1-,2-/m0/s1. The first kappa shape index (κ1) is 8.77. The Morgan fingerprint density at radius 1 is 0.800 bits per heavy atom. The zero-order chi connectivity index (χ0) is 8.15. The quantitative estimate of drug-likeness (QED) is 0.474. The number of hydrogen-bond donors (Lipinski definition) is 0. The molecular weight excluding hydrogens is 284 g/mol. The molecule has 2 atom stereocenters. The fraction of sp³-hybridized carbons (Fsp3) is 1.00. The van der Waals surface area contributed by atoms with E-state index in [9.17, 15) is 17.6 Å². The molecule has 0 spiro atoms. The van der Waals surface area contributed by atoms with Crippen molar-refractivity contribution in [1.29, 1.82) is 0 Å². The molecule has 1 saturated carbocycles. The van der Waals surface area contributed by atoms with Crippen molar-refractivity contribution in [2.45, 2.75) is 21.5 Å². The summed E-state index contributed by atoms with van der Waals surface area (Å²) in [5.41, 5.74) is 0. The highest BCUT2D eigenvalue weighted by Crippen LogP contribution is 2.57. The lowest BCUT2D eigenvalue weighted by molar-refractivity contribution is -0.260. The molecule has 0 nitrogen and oxygen atoms in total. The molecule has 1 rings (SSSR count). The molecule has 0 N–H and O–H groups in total. The van der Waals surface area contributed by atoms with E-state index in [1.165, 1.54) is 0 Å². The van der Waals surface area contributed by atoms with Gasteiger partial charge in [-0.25, -0.2) is 0 Å². The van der Waals surface area contributed by atoms with Gasteiger partial charge in [-0.1, -0.05) is 31.9 Å². The van der Waals surface area contributed by atoms with Crippen molar-refractivity contribution in [1.82, 2.24) is 0 Å². The van der Waals surface area contributed by atoms with E-state index in [2.05, 4.69) is 31.9 Å². The molecule has 0 heterocycles. The van der Waals surface area contributed by atoms with Gasteiger partial charge < -0.3 is 0 Å². The van der Waals surface area contributed by atoms with Gasteiger partial charge in [-0.3, -0.25) is 0 Å². The maximum absolute atomic E-state index is 12.1. The van der Waals surface area contributed by atoms with Crippen LogP contribution in [0, 0.1) is 0 Å². The van der Waals surface area contributed by atoms with Crippen LogP contribution >= 0.6 is 31.9 Å². The van der Waals surface area contributed by atoms with Crippen molar-refractivity contribution in [2.24, 2.45) is 0 Å². The predicted octanol–water partition coefficient (Wildman–Crippen LogP) is 2.80. The van der Waals surface area contributed by atoms with E-state index in [1.54, 1.807) is 0 Å². The van der Waals surface area contributed by atoms with Gasteiger partial charge in [-0.05, 0) is 0 Å². The lowest BCUT2D eigenvalue weighted by Gasteiger charge is -2.45. The van der Waals surface area contributed by atoms with Gasteiger partial charge in [0.1, 0.15) is 9.65 Å². The Labute approximate surface area is 71.2 Å². The van der Waals surface area contributed by atoms with Crippen molar-refractivity contribution >= 4 is 31.9 Å². The smallest absolute Gasteiger partial charge is 0.199 e. The lowest BCUT2D eigenvalue weighted by atomic mass is 9.89. The summed E-state index contributed by atoms with van der Waals surface area (Å²) < 4.78 is 48.5. The molecule has 0 aromatic carbocycles. The highest BCUT2D eigenvalue weighted by Gasteiger charge is 2.77. The summed E-state index contributed by atoms with van der Waals surface area (Å²) in [6.07, 6.45) is 0. The summed E-state index contributed by atoms with van der Waals surface area (Å²) in [5, 5.41) is 0. The van der Waals surface area contributed by atoms with Gasteiger partial charge >= 0.3 is 11.8 Å². The summed E-state index contributed by atoms with van der Waals surface area (Å²) in [6.45, 7) is 0. The molecule has 1 aliphatic rings. The van der Waals surface area contributed by atoms with Crippen molar-refractivity contribution in [3.8, 4) is 0 Å². The summed E-state index contributed by atoms with van der Waals surface area (Å²) in [6, 6.07) is 0. The summed E-state index contributed by atoms with van der Waals surface area (Å²) in [4.78, 5) is -2.93. The zero-order valence-electron chi connectivity index (χ0n) is 4.42. The van der Waals surface area contributed by atoms with E-state index in [-0.39, 0.29) is 0 Å². The number of halogens is 6. The maximum atomic E-state index is 12.1. The second-order valence-electron chi connectivity index (χ2n) is 2.05. The molecule has 0 saturated heterocycles. The number of alkyl halides is 6. The van der Waals surface area contributed by atoms with Gasteiger partial charge in [0.15, 0.2) is 0 Å². The number of rotatable bonds is 0. The molecule has 0 amide bonds. The van der Waals surface area contributed by atoms with Crippen LogP contribution in [0.2, 0.25) is 0 Å². The third-order valence-electron chi connectivity index (χ3n) is 1.39. The van der Waals surface area contributed by atoms with E-state index in [1.807, 2.05) is 0 Å². The van der Waals surface area contributed by atoms with Gasteiger partial charge in [0.05, 0.1) is 0 Å².